The molecule has 144 valence electrons. The molecule has 3 aromatic rings. The molecule has 0 unspecified atom stereocenters. The molecule has 3 heterocycles. The number of nitrogens with zero attached hydrogens (tertiary/aromatic N) is 3. The fourth-order valence-corrected chi connectivity index (χ4v) is 4.32. The maximum Gasteiger partial charge on any atom is 0.170 e. The Balaban J connectivity index is 1.81. The largest absolute Gasteiger partial charge is 0.352 e. The van der Waals surface area contributed by atoms with E-state index in [0.29, 0.717) is 0 Å². The van der Waals surface area contributed by atoms with Gasteiger partial charge in [0.1, 0.15) is 0 Å². The number of hydrogen-bond donors (Lipinski definition) is 1. The van der Waals surface area contributed by atoms with E-state index in [4.69, 9.17) is 12.2 Å². The number of aromatic nitrogens is 2. The second-order valence-electron chi connectivity index (χ2n) is 7.26. The minimum Gasteiger partial charge on any atom is -0.352 e. The summed E-state index contributed by atoms with van der Waals surface area (Å²) in [6.07, 6.45) is 6.25. The first-order chi connectivity index (χ1) is 13.7. The van der Waals surface area contributed by atoms with Crippen LogP contribution in [0.15, 0.2) is 67.0 Å². The number of nitrogens with one attached hydrogen (secondary N) is 1. The zero-order valence-corrected chi connectivity index (χ0v) is 17.2. The van der Waals surface area contributed by atoms with Gasteiger partial charge in [0.15, 0.2) is 5.11 Å². The lowest BCUT2D eigenvalue weighted by Crippen LogP contribution is -2.31. The van der Waals surface area contributed by atoms with Crippen molar-refractivity contribution in [2.24, 2.45) is 0 Å². The van der Waals surface area contributed by atoms with Crippen LogP contribution in [0.5, 0.6) is 0 Å². The molecule has 0 saturated carbocycles. The molecule has 1 aromatic carbocycles. The highest BCUT2D eigenvalue weighted by Crippen LogP contribution is 2.39. The third-order valence-electron chi connectivity index (χ3n) is 5.41. The predicted octanol–water partition coefficient (Wildman–Crippen LogP) is 4.95. The van der Waals surface area contributed by atoms with Gasteiger partial charge in [-0.05, 0) is 61.5 Å². The number of aryl methyl sites for hydroxylation is 1. The first-order valence-electron chi connectivity index (χ1n) is 9.92. The summed E-state index contributed by atoms with van der Waals surface area (Å²) in [6.45, 7) is 5.31. The number of thiocarbonyl (C=S) groups is 1. The van der Waals surface area contributed by atoms with Gasteiger partial charge in [-0.3, -0.25) is 4.98 Å². The Morgan fingerprint density at radius 3 is 2.64 bits per heavy atom. The Morgan fingerprint density at radius 1 is 1.07 bits per heavy atom. The van der Waals surface area contributed by atoms with Crippen molar-refractivity contribution in [2.75, 3.05) is 6.54 Å². The molecule has 2 atom stereocenters. The van der Waals surface area contributed by atoms with E-state index in [1.165, 1.54) is 16.9 Å². The molecule has 1 N–H and O–H groups in total. The van der Waals surface area contributed by atoms with Crippen molar-refractivity contribution < 1.29 is 0 Å². The van der Waals surface area contributed by atoms with Crippen molar-refractivity contribution in [3.05, 3.63) is 83.9 Å². The van der Waals surface area contributed by atoms with Crippen molar-refractivity contribution in [1.29, 1.82) is 0 Å². The molecular weight excluding hydrogens is 364 g/mol. The fraction of sp³-hybridized carbons (Fsp3) is 0.304. The lowest BCUT2D eigenvalue weighted by molar-refractivity contribution is 0.304. The quantitative estimate of drug-likeness (QED) is 0.604. The number of benzene rings is 1. The lowest BCUT2D eigenvalue weighted by Gasteiger charge is -2.29. The second kappa shape index (κ2) is 8.15. The van der Waals surface area contributed by atoms with Crippen molar-refractivity contribution >= 4 is 17.3 Å². The van der Waals surface area contributed by atoms with Crippen LogP contribution in [0, 0.1) is 6.92 Å². The lowest BCUT2D eigenvalue weighted by atomic mass is 10.0. The molecule has 1 fully saturated rings. The number of pyridine rings is 1. The second-order valence-corrected chi connectivity index (χ2v) is 7.65. The van der Waals surface area contributed by atoms with Gasteiger partial charge >= 0.3 is 0 Å². The zero-order valence-electron chi connectivity index (χ0n) is 16.4. The number of unbranched alkanes of at least 4 members (excludes halogenated alkanes) is 1. The average Bonchev–Trinajstić information content (AvgIpc) is 3.31. The summed E-state index contributed by atoms with van der Waals surface area (Å²) in [5.41, 5.74) is 4.71. The van der Waals surface area contributed by atoms with Gasteiger partial charge in [0.2, 0.25) is 0 Å². The van der Waals surface area contributed by atoms with Crippen LogP contribution in [0.1, 0.15) is 48.8 Å². The van der Waals surface area contributed by atoms with E-state index in [-0.39, 0.29) is 12.1 Å². The zero-order chi connectivity index (χ0) is 19.5. The van der Waals surface area contributed by atoms with Crippen molar-refractivity contribution in [2.45, 2.75) is 38.8 Å². The average molecular weight is 391 g/mol. The van der Waals surface area contributed by atoms with E-state index in [1.807, 2.05) is 18.3 Å². The monoisotopic (exact) mass is 390 g/mol. The van der Waals surface area contributed by atoms with Crippen molar-refractivity contribution in [1.82, 2.24) is 19.8 Å². The van der Waals surface area contributed by atoms with Gasteiger partial charge < -0.3 is 14.8 Å². The highest BCUT2D eigenvalue weighted by Gasteiger charge is 2.40. The summed E-state index contributed by atoms with van der Waals surface area (Å²) < 4.78 is 2.30. The summed E-state index contributed by atoms with van der Waals surface area (Å²) in [4.78, 5) is 6.97. The molecule has 1 aliphatic rings. The van der Waals surface area contributed by atoms with Gasteiger partial charge in [0, 0.05) is 30.3 Å². The first kappa shape index (κ1) is 18.7. The summed E-state index contributed by atoms with van der Waals surface area (Å²) in [6, 6.07) is 19.0. The topological polar surface area (TPSA) is 33.1 Å². The fourth-order valence-electron chi connectivity index (χ4n) is 3.98. The standard InChI is InChI=1S/C23H26N4S/c1-3-4-15-27-22(21(25-23(27)28)18-11-7-8-14-24-18)20-13-9-16-26(20)19-12-6-5-10-17(19)2/h5-14,16,21-22H,3-4,15H2,1-2H3,(H,25,28)/t21-,22-/m0/s1. The molecule has 0 radical (unpaired) electrons. The van der Waals surface area contributed by atoms with Gasteiger partial charge in [0.25, 0.3) is 0 Å². The highest BCUT2D eigenvalue weighted by atomic mass is 32.1. The molecule has 0 spiro atoms. The summed E-state index contributed by atoms with van der Waals surface area (Å²) >= 11 is 5.75. The van der Waals surface area contributed by atoms with E-state index in [0.717, 1.165) is 30.2 Å². The van der Waals surface area contributed by atoms with Crippen LogP contribution < -0.4 is 5.32 Å². The molecule has 0 aliphatic carbocycles. The van der Waals surface area contributed by atoms with Gasteiger partial charge in [-0.1, -0.05) is 37.6 Å². The van der Waals surface area contributed by atoms with E-state index in [2.05, 4.69) is 82.3 Å². The molecule has 1 saturated heterocycles. The van der Waals surface area contributed by atoms with Crippen LogP contribution in [0.25, 0.3) is 5.69 Å². The Labute approximate surface area is 172 Å². The Bertz CT molecular complexity index is 950. The molecular formula is C23H26N4S. The highest BCUT2D eigenvalue weighted by molar-refractivity contribution is 7.80. The Hall–Kier alpha value is -2.66. The summed E-state index contributed by atoms with van der Waals surface area (Å²) in [7, 11) is 0. The maximum atomic E-state index is 5.75. The van der Waals surface area contributed by atoms with Crippen LogP contribution in [0.3, 0.4) is 0 Å². The molecule has 0 bridgehead atoms. The molecule has 5 heteroatoms. The minimum absolute atomic E-state index is 0.0308. The SMILES string of the molecule is CCCCN1C(=S)N[C@@H](c2ccccn2)[C@@H]1c1cccn1-c1ccccc1C. The van der Waals surface area contributed by atoms with Crippen LogP contribution in [-0.4, -0.2) is 26.1 Å². The van der Waals surface area contributed by atoms with Crippen LogP contribution in [0.4, 0.5) is 0 Å². The molecule has 0 amide bonds. The third kappa shape index (κ3) is 3.42. The smallest absolute Gasteiger partial charge is 0.170 e. The van der Waals surface area contributed by atoms with E-state index >= 15 is 0 Å². The van der Waals surface area contributed by atoms with Crippen LogP contribution >= 0.6 is 12.2 Å². The predicted molar refractivity (Wildman–Crippen MR) is 118 cm³/mol. The van der Waals surface area contributed by atoms with Crippen LogP contribution in [0.2, 0.25) is 0 Å². The first-order valence-corrected chi connectivity index (χ1v) is 10.3. The molecule has 28 heavy (non-hydrogen) atoms. The Kier molecular flexibility index (Phi) is 5.44. The van der Waals surface area contributed by atoms with Gasteiger partial charge in [-0.2, -0.15) is 0 Å². The van der Waals surface area contributed by atoms with E-state index in [1.54, 1.807) is 0 Å². The van der Waals surface area contributed by atoms with Gasteiger partial charge in [0.05, 0.1) is 17.8 Å². The van der Waals surface area contributed by atoms with Gasteiger partial charge in [-0.15, -0.1) is 0 Å². The molecule has 4 nitrogen and oxygen atoms in total. The van der Waals surface area contributed by atoms with Gasteiger partial charge in [-0.25, -0.2) is 0 Å². The number of hydrogen-bond acceptors (Lipinski definition) is 2. The van der Waals surface area contributed by atoms with Crippen LogP contribution in [-0.2, 0) is 0 Å². The number of para-hydroxylation sites is 1. The van der Waals surface area contributed by atoms with Crippen molar-refractivity contribution in [3.8, 4) is 5.69 Å². The molecule has 1 aliphatic heterocycles. The molecule has 4 rings (SSSR count). The van der Waals surface area contributed by atoms with Crippen molar-refractivity contribution in [3.63, 3.8) is 0 Å². The van der Waals surface area contributed by atoms with E-state index in [9.17, 15) is 0 Å². The van der Waals surface area contributed by atoms with E-state index < -0.39 is 0 Å². The summed E-state index contributed by atoms with van der Waals surface area (Å²) in [5, 5.41) is 4.35. The normalized spacial score (nSPS) is 19.1. The maximum absolute atomic E-state index is 5.75. The third-order valence-corrected chi connectivity index (χ3v) is 5.76. The Morgan fingerprint density at radius 2 is 1.89 bits per heavy atom. The minimum atomic E-state index is 0.0308. The summed E-state index contributed by atoms with van der Waals surface area (Å²) in [5.74, 6) is 0. The number of rotatable bonds is 6. The molecule has 2 aromatic heterocycles.